The predicted molar refractivity (Wildman–Crippen MR) is 180 cm³/mol. The number of allylic oxidation sites excluding steroid dienone is 1. The molecule has 0 aliphatic heterocycles. The minimum absolute atomic E-state index is 0.888. The van der Waals surface area contributed by atoms with Gasteiger partial charge >= 0.3 is 0 Å². The normalized spacial score (nSPS) is 12.7. The van der Waals surface area contributed by atoms with E-state index in [2.05, 4.69) is 157 Å². The van der Waals surface area contributed by atoms with Crippen molar-refractivity contribution in [2.75, 3.05) is 4.90 Å². The molecule has 0 spiro atoms. The lowest BCUT2D eigenvalue weighted by Gasteiger charge is -2.31. The lowest BCUT2D eigenvalue weighted by atomic mass is 9.93. The van der Waals surface area contributed by atoms with Gasteiger partial charge in [0.05, 0.1) is 0 Å². The van der Waals surface area contributed by atoms with E-state index in [1.165, 1.54) is 39.1 Å². The Labute approximate surface area is 252 Å². The summed E-state index contributed by atoms with van der Waals surface area (Å²) in [5.41, 5.74) is 12.9. The molecule has 0 radical (unpaired) electrons. The van der Waals surface area contributed by atoms with Crippen LogP contribution in [0.3, 0.4) is 0 Å². The van der Waals surface area contributed by atoms with Gasteiger partial charge in [0.1, 0.15) is 11.2 Å². The summed E-state index contributed by atoms with van der Waals surface area (Å²) < 4.78 is 6.55. The van der Waals surface area contributed by atoms with Crippen LogP contribution in [0.25, 0.3) is 38.8 Å². The Morgan fingerprint density at radius 2 is 1.19 bits per heavy atom. The Hall–Kier alpha value is -5.34. The van der Waals surface area contributed by atoms with Gasteiger partial charge in [0.25, 0.3) is 0 Å². The Bertz CT molecular complexity index is 2090. The average molecular weight is 554 g/mol. The van der Waals surface area contributed by atoms with E-state index in [4.69, 9.17) is 4.42 Å². The van der Waals surface area contributed by atoms with E-state index in [9.17, 15) is 0 Å². The van der Waals surface area contributed by atoms with Crippen LogP contribution in [0.4, 0.5) is 11.4 Å². The number of hydrogen-bond donors (Lipinski definition) is 0. The van der Waals surface area contributed by atoms with Crippen molar-refractivity contribution in [1.29, 1.82) is 0 Å². The van der Waals surface area contributed by atoms with Gasteiger partial charge in [-0.2, -0.15) is 0 Å². The van der Waals surface area contributed by atoms with Crippen molar-refractivity contribution in [2.45, 2.75) is 19.3 Å². The van der Waals surface area contributed by atoms with Crippen LogP contribution >= 0.6 is 0 Å². The van der Waals surface area contributed by atoms with E-state index in [1.807, 2.05) is 0 Å². The minimum atomic E-state index is 0.888. The molecule has 43 heavy (non-hydrogen) atoms. The van der Waals surface area contributed by atoms with Gasteiger partial charge in [-0.1, -0.05) is 115 Å². The largest absolute Gasteiger partial charge is 0.456 e. The maximum Gasteiger partial charge on any atom is 0.137 e. The summed E-state index contributed by atoms with van der Waals surface area (Å²) in [7, 11) is 0. The van der Waals surface area contributed by atoms with Crippen LogP contribution in [0.2, 0.25) is 0 Å². The van der Waals surface area contributed by atoms with E-state index >= 15 is 0 Å². The average Bonchev–Trinajstić information content (AvgIpc) is 3.43. The van der Waals surface area contributed by atoms with E-state index in [0.29, 0.717) is 0 Å². The SMILES string of the molecule is C1=C(N(c2ccc(-c3ccccc3)cc2)c2ccc3c(c2)oc2cc(Cc4ccccc4)ccc23)c2ccccc2CC1. The van der Waals surface area contributed by atoms with E-state index in [-0.39, 0.29) is 0 Å². The number of furan rings is 1. The quantitative estimate of drug-likeness (QED) is 0.204. The second-order valence-electron chi connectivity index (χ2n) is 11.3. The zero-order chi connectivity index (χ0) is 28.6. The van der Waals surface area contributed by atoms with Crippen molar-refractivity contribution >= 4 is 39.0 Å². The molecule has 0 atom stereocenters. The molecule has 1 aliphatic rings. The molecule has 2 nitrogen and oxygen atoms in total. The highest BCUT2D eigenvalue weighted by molar-refractivity contribution is 6.06. The molecule has 0 N–H and O–H groups in total. The van der Waals surface area contributed by atoms with Crippen LogP contribution in [0, 0.1) is 0 Å². The van der Waals surface area contributed by atoms with Crippen LogP contribution in [-0.4, -0.2) is 0 Å². The monoisotopic (exact) mass is 553 g/mol. The number of nitrogens with zero attached hydrogens (tertiary/aromatic N) is 1. The maximum absolute atomic E-state index is 6.55. The van der Waals surface area contributed by atoms with Gasteiger partial charge in [0, 0.05) is 39.5 Å². The summed E-state index contributed by atoms with van der Waals surface area (Å²) in [5.74, 6) is 0. The molecule has 1 heterocycles. The van der Waals surface area contributed by atoms with Gasteiger partial charge in [-0.15, -0.1) is 0 Å². The Kier molecular flexibility index (Phi) is 6.38. The highest BCUT2D eigenvalue weighted by Crippen LogP contribution is 2.41. The van der Waals surface area contributed by atoms with Crippen LogP contribution in [0.1, 0.15) is 28.7 Å². The first-order chi connectivity index (χ1) is 21.3. The number of fused-ring (bicyclic) bond motifs is 4. The molecule has 7 aromatic rings. The third-order valence-corrected chi connectivity index (χ3v) is 8.55. The van der Waals surface area contributed by atoms with Crippen molar-refractivity contribution in [3.63, 3.8) is 0 Å². The van der Waals surface area contributed by atoms with E-state index in [1.54, 1.807) is 0 Å². The minimum Gasteiger partial charge on any atom is -0.456 e. The fourth-order valence-electron chi connectivity index (χ4n) is 6.43. The van der Waals surface area contributed by atoms with Crippen molar-refractivity contribution < 1.29 is 4.42 Å². The standard InChI is InChI=1S/C41H31NO/c1-3-10-29(11-4-1)26-30-18-24-37-38-25-23-35(28-41(38)43-40(37)27-30)42(39-17-9-15-33-14-7-8-16-36(33)39)34-21-19-32(20-22-34)31-12-5-2-6-13-31/h1-8,10-14,16-25,27-28H,9,15,26H2. The van der Waals surface area contributed by atoms with Crippen molar-refractivity contribution in [1.82, 2.24) is 0 Å². The van der Waals surface area contributed by atoms with Gasteiger partial charge < -0.3 is 9.32 Å². The fraction of sp³-hybridized carbons (Fsp3) is 0.0732. The molecule has 2 heteroatoms. The summed E-state index contributed by atoms with van der Waals surface area (Å²) in [6.45, 7) is 0. The van der Waals surface area contributed by atoms with Crippen LogP contribution in [0.15, 0.2) is 156 Å². The van der Waals surface area contributed by atoms with Gasteiger partial charge in [0.15, 0.2) is 0 Å². The Balaban J connectivity index is 1.22. The molecule has 0 fully saturated rings. The molecule has 0 saturated carbocycles. The van der Waals surface area contributed by atoms with Crippen molar-refractivity contribution in [2.24, 2.45) is 0 Å². The lowest BCUT2D eigenvalue weighted by molar-refractivity contribution is 0.668. The molecule has 8 rings (SSSR count). The van der Waals surface area contributed by atoms with E-state index < -0.39 is 0 Å². The first-order valence-electron chi connectivity index (χ1n) is 15.0. The number of hydrogen-bond acceptors (Lipinski definition) is 2. The number of rotatable bonds is 6. The molecular weight excluding hydrogens is 522 g/mol. The summed E-state index contributed by atoms with van der Waals surface area (Å²) in [6, 6.07) is 52.2. The van der Waals surface area contributed by atoms with Crippen molar-refractivity contribution in [3.05, 3.63) is 174 Å². The highest BCUT2D eigenvalue weighted by atomic mass is 16.3. The molecule has 1 aromatic heterocycles. The van der Waals surface area contributed by atoms with E-state index in [0.717, 1.165) is 52.6 Å². The molecule has 206 valence electrons. The molecule has 1 aliphatic carbocycles. The summed E-state index contributed by atoms with van der Waals surface area (Å²) in [5, 5.41) is 2.29. The summed E-state index contributed by atoms with van der Waals surface area (Å²) in [4.78, 5) is 2.39. The molecular formula is C41H31NO. The van der Waals surface area contributed by atoms with Gasteiger partial charge in [-0.05, 0) is 77.4 Å². The van der Waals surface area contributed by atoms with Gasteiger partial charge in [-0.3, -0.25) is 0 Å². The third-order valence-electron chi connectivity index (χ3n) is 8.55. The van der Waals surface area contributed by atoms with Crippen LogP contribution < -0.4 is 4.90 Å². The number of anilines is 2. The molecule has 0 bridgehead atoms. The summed E-state index contributed by atoms with van der Waals surface area (Å²) >= 11 is 0. The van der Waals surface area contributed by atoms with Gasteiger partial charge in [-0.25, -0.2) is 0 Å². The topological polar surface area (TPSA) is 16.4 Å². The van der Waals surface area contributed by atoms with Gasteiger partial charge in [0.2, 0.25) is 0 Å². The highest BCUT2D eigenvalue weighted by Gasteiger charge is 2.22. The summed E-state index contributed by atoms with van der Waals surface area (Å²) in [6.07, 6.45) is 5.35. The predicted octanol–water partition coefficient (Wildman–Crippen LogP) is 11.0. The fourth-order valence-corrected chi connectivity index (χ4v) is 6.43. The first kappa shape index (κ1) is 25.4. The smallest absolute Gasteiger partial charge is 0.137 e. The van der Waals surface area contributed by atoms with Crippen molar-refractivity contribution in [3.8, 4) is 11.1 Å². The maximum atomic E-state index is 6.55. The number of benzene rings is 6. The molecule has 0 saturated heterocycles. The zero-order valence-electron chi connectivity index (χ0n) is 23.9. The van der Waals surface area contributed by atoms with Crippen LogP contribution in [-0.2, 0) is 12.8 Å². The second kappa shape index (κ2) is 10.8. The zero-order valence-corrected chi connectivity index (χ0v) is 23.9. The van der Waals surface area contributed by atoms with Crippen LogP contribution in [0.5, 0.6) is 0 Å². The second-order valence-corrected chi connectivity index (χ2v) is 11.3. The first-order valence-corrected chi connectivity index (χ1v) is 15.0. The lowest BCUT2D eigenvalue weighted by Crippen LogP contribution is -2.18. The Morgan fingerprint density at radius 1 is 0.535 bits per heavy atom. The molecule has 0 amide bonds. The molecule has 0 unspecified atom stereocenters. The Morgan fingerprint density at radius 3 is 2.00 bits per heavy atom. The third kappa shape index (κ3) is 4.81. The molecule has 6 aromatic carbocycles. The number of aryl methyl sites for hydroxylation is 1.